The fourth-order valence-electron chi connectivity index (χ4n) is 6.06. The van der Waals surface area contributed by atoms with Gasteiger partial charge in [-0.05, 0) is 60.3 Å². The summed E-state index contributed by atoms with van der Waals surface area (Å²) in [7, 11) is 0. The van der Waals surface area contributed by atoms with Crippen LogP contribution < -0.4 is 5.73 Å². The molecule has 0 radical (unpaired) electrons. The molecule has 2 N–H and O–H groups in total. The summed E-state index contributed by atoms with van der Waals surface area (Å²) >= 11 is 0. The highest BCUT2D eigenvalue weighted by atomic mass is 16.1. The molecule has 0 aliphatic heterocycles. The molecule has 1 unspecified atom stereocenters. The number of benzene rings is 2. The van der Waals surface area contributed by atoms with Crippen LogP contribution >= 0.6 is 0 Å². The van der Waals surface area contributed by atoms with Gasteiger partial charge < -0.3 is 10.3 Å². The summed E-state index contributed by atoms with van der Waals surface area (Å²) in [6, 6.07) is 17.1. The van der Waals surface area contributed by atoms with Gasteiger partial charge in [-0.2, -0.15) is 0 Å². The summed E-state index contributed by atoms with van der Waals surface area (Å²) in [5.41, 5.74) is 10.5. The van der Waals surface area contributed by atoms with Gasteiger partial charge >= 0.3 is 0 Å². The normalized spacial score (nSPS) is 20.5. The van der Waals surface area contributed by atoms with E-state index in [1.54, 1.807) is 0 Å². The topological polar surface area (TPSA) is 60.9 Å². The minimum Gasteiger partial charge on any atom is -0.369 e. The van der Waals surface area contributed by atoms with Crippen molar-refractivity contribution in [2.24, 2.45) is 17.1 Å². The number of amides is 1. The standard InChI is InChI=1S/C21H23N3O.C9H18/c22-20(25)14-21-23-18-13-16(15-7-3-1-4-8-15)11-12-19(18)24(21)17-9-5-2-6-10-17;1-8-5-4-6-9(2,3)7-8/h1,3-4,7-8,11-13,17H,2,5-6,9-10,14H2,(H2,22,25);8H,4-7H2,1-3H3. The Balaban J connectivity index is 0.000000257. The number of nitrogens with two attached hydrogens (primary N) is 1. The molecular formula is C30H41N3O. The summed E-state index contributed by atoms with van der Waals surface area (Å²) in [5, 5.41) is 0. The van der Waals surface area contributed by atoms with Crippen LogP contribution in [0.4, 0.5) is 0 Å². The Morgan fingerprint density at radius 1 is 1.00 bits per heavy atom. The number of fused-ring (bicyclic) bond motifs is 1. The Hall–Kier alpha value is -2.62. The zero-order valence-electron chi connectivity index (χ0n) is 21.2. The van der Waals surface area contributed by atoms with Crippen molar-refractivity contribution in [3.8, 4) is 11.1 Å². The molecule has 0 spiro atoms. The number of carbonyl (C=O) groups excluding carboxylic acids is 1. The smallest absolute Gasteiger partial charge is 0.225 e. The highest BCUT2D eigenvalue weighted by Gasteiger charge is 2.25. The van der Waals surface area contributed by atoms with E-state index in [0.717, 1.165) is 41.2 Å². The fourth-order valence-corrected chi connectivity index (χ4v) is 6.06. The van der Waals surface area contributed by atoms with Crippen molar-refractivity contribution in [3.63, 3.8) is 0 Å². The fraction of sp³-hybridized carbons (Fsp3) is 0.533. The Morgan fingerprint density at radius 3 is 2.35 bits per heavy atom. The summed E-state index contributed by atoms with van der Waals surface area (Å²) in [6.07, 6.45) is 12.1. The number of hydrogen-bond donors (Lipinski definition) is 1. The molecule has 2 fully saturated rings. The van der Waals surface area contributed by atoms with Gasteiger partial charge in [0, 0.05) is 6.04 Å². The Morgan fingerprint density at radius 2 is 1.74 bits per heavy atom. The molecule has 0 saturated heterocycles. The van der Waals surface area contributed by atoms with Crippen LogP contribution in [0.15, 0.2) is 48.5 Å². The third-order valence-electron chi connectivity index (χ3n) is 7.59. The third-order valence-corrected chi connectivity index (χ3v) is 7.59. The first kappa shape index (κ1) is 24.5. The molecule has 182 valence electrons. The maximum atomic E-state index is 11.5. The van der Waals surface area contributed by atoms with Crippen molar-refractivity contribution in [1.82, 2.24) is 9.55 Å². The van der Waals surface area contributed by atoms with E-state index in [-0.39, 0.29) is 12.3 Å². The quantitative estimate of drug-likeness (QED) is 0.440. The predicted octanol–water partition coefficient (Wildman–Crippen LogP) is 7.46. The summed E-state index contributed by atoms with van der Waals surface area (Å²) in [6.45, 7) is 7.16. The van der Waals surface area contributed by atoms with E-state index in [1.165, 1.54) is 50.5 Å². The first-order valence-corrected chi connectivity index (χ1v) is 13.2. The van der Waals surface area contributed by atoms with E-state index in [1.807, 2.05) is 18.2 Å². The molecule has 2 saturated carbocycles. The molecular weight excluding hydrogens is 418 g/mol. The highest BCUT2D eigenvalue weighted by molar-refractivity contribution is 5.84. The number of imidazole rings is 1. The lowest BCUT2D eigenvalue weighted by Crippen LogP contribution is -2.21. The van der Waals surface area contributed by atoms with Crippen molar-refractivity contribution >= 4 is 16.9 Å². The first-order valence-electron chi connectivity index (χ1n) is 13.2. The molecule has 2 aliphatic carbocycles. The largest absolute Gasteiger partial charge is 0.369 e. The van der Waals surface area contributed by atoms with Gasteiger partial charge in [-0.3, -0.25) is 4.79 Å². The van der Waals surface area contributed by atoms with E-state index < -0.39 is 0 Å². The Bertz CT molecular complexity index is 1090. The van der Waals surface area contributed by atoms with Crippen molar-refractivity contribution < 1.29 is 4.79 Å². The van der Waals surface area contributed by atoms with Crippen LogP contribution in [0.5, 0.6) is 0 Å². The zero-order chi connectivity index (χ0) is 24.1. The molecule has 2 aromatic carbocycles. The van der Waals surface area contributed by atoms with Crippen molar-refractivity contribution in [2.45, 2.75) is 91.0 Å². The number of aromatic nitrogens is 2. The van der Waals surface area contributed by atoms with Gasteiger partial charge in [-0.15, -0.1) is 0 Å². The number of carbonyl (C=O) groups is 1. The second-order valence-corrected chi connectivity index (χ2v) is 11.3. The van der Waals surface area contributed by atoms with E-state index >= 15 is 0 Å². The van der Waals surface area contributed by atoms with Gasteiger partial charge in [-0.1, -0.05) is 89.3 Å². The number of hydrogen-bond acceptors (Lipinski definition) is 2. The highest BCUT2D eigenvalue weighted by Crippen LogP contribution is 2.38. The molecule has 1 aromatic heterocycles. The van der Waals surface area contributed by atoms with Gasteiger partial charge in [0.2, 0.25) is 5.91 Å². The van der Waals surface area contributed by atoms with Gasteiger partial charge in [0.15, 0.2) is 0 Å². The summed E-state index contributed by atoms with van der Waals surface area (Å²) in [4.78, 5) is 16.3. The van der Waals surface area contributed by atoms with Crippen molar-refractivity contribution in [3.05, 3.63) is 54.4 Å². The summed E-state index contributed by atoms with van der Waals surface area (Å²) in [5.74, 6) is 1.46. The number of nitrogens with zero attached hydrogens (tertiary/aromatic N) is 2. The van der Waals surface area contributed by atoms with Gasteiger partial charge in [0.05, 0.1) is 17.5 Å². The molecule has 4 heteroatoms. The predicted molar refractivity (Wildman–Crippen MR) is 142 cm³/mol. The lowest BCUT2D eigenvalue weighted by Gasteiger charge is -2.33. The Labute approximate surface area is 205 Å². The van der Waals surface area contributed by atoms with E-state index in [0.29, 0.717) is 11.5 Å². The molecule has 2 aliphatic rings. The number of rotatable bonds is 4. The monoisotopic (exact) mass is 459 g/mol. The second kappa shape index (κ2) is 10.8. The van der Waals surface area contributed by atoms with Gasteiger partial charge in [0.1, 0.15) is 5.82 Å². The molecule has 1 atom stereocenters. The molecule has 5 rings (SSSR count). The van der Waals surface area contributed by atoms with E-state index in [4.69, 9.17) is 10.7 Å². The zero-order valence-corrected chi connectivity index (χ0v) is 21.2. The number of primary amides is 1. The molecule has 3 aromatic rings. The van der Waals surface area contributed by atoms with E-state index in [2.05, 4.69) is 55.7 Å². The molecule has 34 heavy (non-hydrogen) atoms. The van der Waals surface area contributed by atoms with Crippen molar-refractivity contribution in [2.75, 3.05) is 0 Å². The van der Waals surface area contributed by atoms with Gasteiger partial charge in [0.25, 0.3) is 0 Å². The van der Waals surface area contributed by atoms with Crippen LogP contribution in [0.1, 0.15) is 90.4 Å². The van der Waals surface area contributed by atoms with Crippen LogP contribution in [-0.4, -0.2) is 15.5 Å². The van der Waals surface area contributed by atoms with Crippen LogP contribution in [-0.2, 0) is 11.2 Å². The minimum absolute atomic E-state index is 0.200. The average molecular weight is 460 g/mol. The second-order valence-electron chi connectivity index (χ2n) is 11.3. The molecule has 4 nitrogen and oxygen atoms in total. The van der Waals surface area contributed by atoms with Crippen LogP contribution in [0.25, 0.3) is 22.2 Å². The van der Waals surface area contributed by atoms with Crippen LogP contribution in [0, 0.1) is 11.3 Å². The Kier molecular flexibility index (Phi) is 7.75. The maximum Gasteiger partial charge on any atom is 0.225 e. The maximum absolute atomic E-state index is 11.5. The molecule has 1 amide bonds. The molecule has 0 bridgehead atoms. The lowest BCUT2D eigenvalue weighted by atomic mass is 9.73. The third kappa shape index (κ3) is 6.08. The van der Waals surface area contributed by atoms with Crippen LogP contribution in [0.3, 0.4) is 0 Å². The first-order chi connectivity index (χ1) is 16.3. The van der Waals surface area contributed by atoms with E-state index in [9.17, 15) is 4.79 Å². The minimum atomic E-state index is -0.323. The lowest BCUT2D eigenvalue weighted by molar-refractivity contribution is -0.117. The van der Waals surface area contributed by atoms with Gasteiger partial charge in [-0.25, -0.2) is 4.98 Å². The van der Waals surface area contributed by atoms with Crippen molar-refractivity contribution in [1.29, 1.82) is 0 Å². The average Bonchev–Trinajstić information content (AvgIpc) is 3.16. The SMILES string of the molecule is CC1CCCC(C)(C)C1.NC(=O)Cc1nc2cc(-c3ccccc3)ccc2n1C1CCCCC1. The molecule has 1 heterocycles. The van der Waals surface area contributed by atoms with Crippen LogP contribution in [0.2, 0.25) is 0 Å². The summed E-state index contributed by atoms with van der Waals surface area (Å²) < 4.78 is 2.27.